The number of rotatable bonds is 8. The van der Waals surface area contributed by atoms with Crippen LogP contribution in [0.2, 0.25) is 0 Å². The molecule has 4 N–H and O–H groups in total. The lowest BCUT2D eigenvalue weighted by atomic mass is 9.78. The van der Waals surface area contributed by atoms with Crippen molar-refractivity contribution in [3.63, 3.8) is 0 Å². The summed E-state index contributed by atoms with van der Waals surface area (Å²) in [4.78, 5) is 39.3. The fourth-order valence-electron chi connectivity index (χ4n) is 5.66. The van der Waals surface area contributed by atoms with Crippen molar-refractivity contribution in [3.05, 3.63) is 59.7 Å². The number of nitrogens with two attached hydrogens (primary N) is 1. The summed E-state index contributed by atoms with van der Waals surface area (Å²) in [6.07, 6.45) is 6.26. The van der Waals surface area contributed by atoms with E-state index in [1.165, 1.54) is 5.56 Å². The smallest absolute Gasteiger partial charge is 0.249 e. The molecule has 4 rings (SSSR count). The Morgan fingerprint density at radius 1 is 1.06 bits per heavy atom. The van der Waals surface area contributed by atoms with Gasteiger partial charge in [0.2, 0.25) is 18.2 Å². The molecule has 192 valence electrons. The highest BCUT2D eigenvalue weighted by Gasteiger charge is 2.34. The third-order valence-corrected chi connectivity index (χ3v) is 7.40. The van der Waals surface area contributed by atoms with Gasteiger partial charge in [0.05, 0.1) is 0 Å². The molecular formula is C29H38N4O3. The lowest BCUT2D eigenvalue weighted by Crippen LogP contribution is -2.51. The van der Waals surface area contributed by atoms with Gasteiger partial charge in [0, 0.05) is 29.9 Å². The molecule has 1 aliphatic carbocycles. The molecule has 7 heteroatoms. The van der Waals surface area contributed by atoms with Gasteiger partial charge in [0.1, 0.15) is 6.04 Å². The van der Waals surface area contributed by atoms with E-state index in [0.29, 0.717) is 24.8 Å². The van der Waals surface area contributed by atoms with Crippen LogP contribution in [0.3, 0.4) is 0 Å². The number of benzene rings is 2. The molecule has 2 aromatic carbocycles. The summed E-state index contributed by atoms with van der Waals surface area (Å²) in [5.74, 6) is 0.547. The molecule has 0 spiro atoms. The molecule has 1 aliphatic heterocycles. The van der Waals surface area contributed by atoms with E-state index < -0.39 is 11.6 Å². The van der Waals surface area contributed by atoms with Crippen LogP contribution in [0.15, 0.2) is 48.5 Å². The first-order chi connectivity index (χ1) is 17.2. The van der Waals surface area contributed by atoms with Crippen molar-refractivity contribution in [2.24, 2.45) is 11.7 Å². The first-order valence-electron chi connectivity index (χ1n) is 13.0. The average molecular weight is 491 g/mol. The van der Waals surface area contributed by atoms with Crippen LogP contribution in [-0.4, -0.2) is 36.3 Å². The molecule has 0 radical (unpaired) electrons. The summed E-state index contributed by atoms with van der Waals surface area (Å²) in [5.41, 5.74) is 9.57. The molecule has 2 aromatic rings. The maximum absolute atomic E-state index is 13.7. The Balaban J connectivity index is 1.46. The molecule has 2 aliphatic rings. The van der Waals surface area contributed by atoms with E-state index >= 15 is 0 Å². The minimum absolute atomic E-state index is 0.0363. The zero-order chi connectivity index (χ0) is 25.7. The van der Waals surface area contributed by atoms with Gasteiger partial charge in [-0.1, -0.05) is 36.4 Å². The summed E-state index contributed by atoms with van der Waals surface area (Å²) in [7, 11) is 0. The summed E-state index contributed by atoms with van der Waals surface area (Å²) in [6.45, 7) is 4.27. The van der Waals surface area contributed by atoms with E-state index in [1.54, 1.807) is 0 Å². The van der Waals surface area contributed by atoms with Crippen molar-refractivity contribution < 1.29 is 14.4 Å². The average Bonchev–Trinajstić information content (AvgIpc) is 2.96. The van der Waals surface area contributed by atoms with Gasteiger partial charge in [-0.05, 0) is 87.5 Å². The zero-order valence-electron chi connectivity index (χ0n) is 21.3. The van der Waals surface area contributed by atoms with Gasteiger partial charge in [-0.2, -0.15) is 0 Å². The zero-order valence-corrected chi connectivity index (χ0v) is 21.3. The van der Waals surface area contributed by atoms with E-state index in [9.17, 15) is 14.4 Å². The van der Waals surface area contributed by atoms with E-state index in [4.69, 9.17) is 5.73 Å². The van der Waals surface area contributed by atoms with Gasteiger partial charge in [-0.25, -0.2) is 0 Å². The van der Waals surface area contributed by atoms with E-state index in [2.05, 4.69) is 22.8 Å². The Morgan fingerprint density at radius 3 is 2.47 bits per heavy atom. The summed E-state index contributed by atoms with van der Waals surface area (Å²) >= 11 is 0. The molecule has 7 nitrogen and oxygen atoms in total. The highest BCUT2D eigenvalue weighted by Crippen LogP contribution is 2.40. The van der Waals surface area contributed by atoms with Crippen molar-refractivity contribution in [1.82, 2.24) is 5.32 Å². The van der Waals surface area contributed by atoms with Gasteiger partial charge in [0.15, 0.2) is 0 Å². The number of hydrogen-bond donors (Lipinski definition) is 3. The SMILES string of the molecule is CC(C)(N)CC(=O)N[C@@H]1CCc2ccccc2N(CC2CCC(c3ccccc3NC=O)CC2)C1=O. The maximum atomic E-state index is 13.7. The predicted octanol–water partition coefficient (Wildman–Crippen LogP) is 4.12. The highest BCUT2D eigenvalue weighted by molar-refractivity contribution is 6.00. The monoisotopic (exact) mass is 490 g/mol. The fraction of sp³-hybridized carbons (Fsp3) is 0.483. The summed E-state index contributed by atoms with van der Waals surface area (Å²) < 4.78 is 0. The van der Waals surface area contributed by atoms with Gasteiger partial charge in [-0.3, -0.25) is 14.4 Å². The van der Waals surface area contributed by atoms with Crippen LogP contribution in [0, 0.1) is 5.92 Å². The number of amides is 3. The molecule has 36 heavy (non-hydrogen) atoms. The van der Waals surface area contributed by atoms with E-state index in [-0.39, 0.29) is 18.2 Å². The second-order valence-corrected chi connectivity index (χ2v) is 11.0. The van der Waals surface area contributed by atoms with Crippen LogP contribution >= 0.6 is 0 Å². The summed E-state index contributed by atoms with van der Waals surface area (Å²) in [5, 5.41) is 5.80. The predicted molar refractivity (Wildman–Crippen MR) is 143 cm³/mol. The van der Waals surface area contributed by atoms with Crippen LogP contribution in [0.1, 0.15) is 69.4 Å². The van der Waals surface area contributed by atoms with Crippen molar-refractivity contribution in [1.29, 1.82) is 0 Å². The minimum Gasteiger partial charge on any atom is -0.344 e. The van der Waals surface area contributed by atoms with Crippen LogP contribution in [0.4, 0.5) is 11.4 Å². The van der Waals surface area contributed by atoms with E-state index in [1.807, 2.05) is 55.1 Å². The quantitative estimate of drug-likeness (QED) is 0.484. The number of aryl methyl sites for hydroxylation is 1. The number of nitrogens with one attached hydrogen (secondary N) is 2. The normalized spacial score (nSPS) is 22.4. The Kier molecular flexibility index (Phi) is 8.09. The molecule has 3 amide bonds. The fourth-order valence-corrected chi connectivity index (χ4v) is 5.66. The summed E-state index contributed by atoms with van der Waals surface area (Å²) in [6, 6.07) is 15.5. The largest absolute Gasteiger partial charge is 0.344 e. The number of carbonyl (C=O) groups excluding carboxylic acids is 3. The molecule has 1 atom stereocenters. The Labute approximate surface area is 213 Å². The molecule has 0 saturated heterocycles. The van der Waals surface area contributed by atoms with Crippen molar-refractivity contribution in [2.75, 3.05) is 16.8 Å². The standard InChI is InChI=1S/C29H38N4O3/c1-29(2,30)17-27(35)32-25-16-15-22-7-3-6-10-26(22)33(28(25)36)18-20-11-13-21(14-12-20)23-8-4-5-9-24(23)31-19-34/h3-10,19-21,25H,11-18,30H2,1-2H3,(H,31,34)(H,32,35)/t20?,21?,25-/m1/s1. The third kappa shape index (κ3) is 6.32. The lowest BCUT2D eigenvalue weighted by molar-refractivity contribution is -0.128. The van der Waals surface area contributed by atoms with Gasteiger partial charge < -0.3 is 21.3 Å². The second kappa shape index (κ2) is 11.2. The van der Waals surface area contributed by atoms with Crippen LogP contribution < -0.4 is 21.3 Å². The number of anilines is 2. The number of hydrogen-bond acceptors (Lipinski definition) is 4. The topological polar surface area (TPSA) is 105 Å². The van der Waals surface area contributed by atoms with Crippen LogP contribution in [-0.2, 0) is 20.8 Å². The Morgan fingerprint density at radius 2 is 1.75 bits per heavy atom. The number of carbonyl (C=O) groups is 3. The van der Waals surface area contributed by atoms with Gasteiger partial charge in [0.25, 0.3) is 0 Å². The van der Waals surface area contributed by atoms with Crippen molar-refractivity contribution in [2.45, 2.75) is 76.3 Å². The minimum atomic E-state index is -0.626. The van der Waals surface area contributed by atoms with Gasteiger partial charge in [-0.15, -0.1) is 0 Å². The van der Waals surface area contributed by atoms with Gasteiger partial charge >= 0.3 is 0 Å². The third-order valence-electron chi connectivity index (χ3n) is 7.40. The molecule has 1 saturated carbocycles. The van der Waals surface area contributed by atoms with Crippen molar-refractivity contribution >= 4 is 29.6 Å². The highest BCUT2D eigenvalue weighted by atomic mass is 16.2. The first kappa shape index (κ1) is 25.9. The number of fused-ring (bicyclic) bond motifs is 1. The molecular weight excluding hydrogens is 452 g/mol. The number of nitrogens with zero attached hydrogens (tertiary/aromatic N) is 1. The molecule has 1 fully saturated rings. The number of para-hydroxylation sites is 2. The Hall–Kier alpha value is -3.19. The van der Waals surface area contributed by atoms with Crippen molar-refractivity contribution in [3.8, 4) is 0 Å². The molecule has 0 bridgehead atoms. The second-order valence-electron chi connectivity index (χ2n) is 11.0. The lowest BCUT2D eigenvalue weighted by Gasteiger charge is -2.34. The Bertz CT molecular complexity index is 1090. The van der Waals surface area contributed by atoms with Crippen LogP contribution in [0.25, 0.3) is 0 Å². The van der Waals surface area contributed by atoms with E-state index in [0.717, 1.165) is 55.5 Å². The first-order valence-corrected chi connectivity index (χ1v) is 13.0. The maximum Gasteiger partial charge on any atom is 0.249 e. The molecule has 0 aromatic heterocycles. The molecule has 0 unspecified atom stereocenters. The molecule has 1 heterocycles. The van der Waals surface area contributed by atoms with Crippen LogP contribution in [0.5, 0.6) is 0 Å².